The lowest BCUT2D eigenvalue weighted by Crippen LogP contribution is -2.42. The molecule has 2 atom stereocenters. The quantitative estimate of drug-likeness (QED) is 0.446. The van der Waals surface area contributed by atoms with Gasteiger partial charge in [-0.2, -0.15) is 0 Å². The van der Waals surface area contributed by atoms with Crippen LogP contribution in [0.4, 0.5) is 0 Å². The molecule has 0 saturated carbocycles. The first-order valence-electron chi connectivity index (χ1n) is 9.49. The van der Waals surface area contributed by atoms with E-state index >= 15 is 0 Å². The van der Waals surface area contributed by atoms with Gasteiger partial charge in [0.2, 0.25) is 5.91 Å². The van der Waals surface area contributed by atoms with Crippen molar-refractivity contribution in [2.45, 2.75) is 90.2 Å². The Morgan fingerprint density at radius 3 is 2.74 bits per heavy atom. The van der Waals surface area contributed by atoms with Crippen molar-refractivity contribution in [2.24, 2.45) is 0 Å². The molecule has 23 heavy (non-hydrogen) atoms. The van der Waals surface area contributed by atoms with Gasteiger partial charge < -0.3 is 10.0 Å². The largest absolute Gasteiger partial charge is 0.389 e. The van der Waals surface area contributed by atoms with Crippen LogP contribution >= 0.6 is 0 Å². The van der Waals surface area contributed by atoms with Crippen molar-refractivity contribution in [1.29, 1.82) is 0 Å². The Balaban J connectivity index is 2.48. The molecule has 1 amide bonds. The third-order valence-electron chi connectivity index (χ3n) is 4.46. The molecule has 0 aromatic carbocycles. The summed E-state index contributed by atoms with van der Waals surface area (Å²) in [5, 5.41) is 10.0. The van der Waals surface area contributed by atoms with Gasteiger partial charge in [-0.1, -0.05) is 70.3 Å². The van der Waals surface area contributed by atoms with Crippen molar-refractivity contribution in [1.82, 2.24) is 4.90 Å². The lowest BCUT2D eigenvalue weighted by atomic mass is 10.00. The lowest BCUT2D eigenvalue weighted by molar-refractivity contribution is -0.134. The summed E-state index contributed by atoms with van der Waals surface area (Å²) < 4.78 is 0. The molecule has 1 fully saturated rings. The van der Waals surface area contributed by atoms with Crippen LogP contribution in [-0.2, 0) is 4.79 Å². The number of carbonyl (C=O) groups is 1. The third kappa shape index (κ3) is 8.36. The number of nitrogens with zero attached hydrogens (tertiary/aromatic N) is 1. The minimum Gasteiger partial charge on any atom is -0.389 e. The maximum Gasteiger partial charge on any atom is 0.223 e. The molecule has 1 rings (SSSR count). The number of aliphatic hydroxyl groups is 1. The van der Waals surface area contributed by atoms with E-state index < -0.39 is 0 Å². The lowest BCUT2D eigenvalue weighted by Gasteiger charge is -2.33. The fourth-order valence-corrected chi connectivity index (χ4v) is 2.97. The van der Waals surface area contributed by atoms with Crippen LogP contribution in [0.1, 0.15) is 78.1 Å². The fraction of sp³-hybridized carbons (Fsp3) is 0.750. The molecule has 1 N–H and O–H groups in total. The first-order valence-corrected chi connectivity index (χ1v) is 9.49. The molecule has 1 unspecified atom stereocenters. The molecule has 1 heterocycles. The molecular formula is C20H35NO2. The van der Waals surface area contributed by atoms with Crippen LogP contribution in [0.2, 0.25) is 0 Å². The standard InChI is InChI=1S/C20H35NO2/c1-3-5-7-8-10-17-21-18(12-11-14-20(21)23)15-16-19(22)13-9-6-4-2/h8,10,15-16,18-19,22H,3-7,9,11-14,17H2,1-2H3/b10-8?,16-15+/t18-,19?/m1/s1. The van der Waals surface area contributed by atoms with Gasteiger partial charge in [0.05, 0.1) is 12.1 Å². The molecule has 0 bridgehead atoms. The van der Waals surface area contributed by atoms with E-state index in [0.717, 1.165) is 32.1 Å². The maximum atomic E-state index is 12.2. The number of aliphatic hydroxyl groups excluding tert-OH is 1. The van der Waals surface area contributed by atoms with Crippen molar-refractivity contribution in [3.05, 3.63) is 24.3 Å². The van der Waals surface area contributed by atoms with Crippen LogP contribution in [0.15, 0.2) is 24.3 Å². The van der Waals surface area contributed by atoms with Gasteiger partial charge in [-0.3, -0.25) is 4.79 Å². The smallest absolute Gasteiger partial charge is 0.223 e. The maximum absolute atomic E-state index is 12.2. The van der Waals surface area contributed by atoms with Crippen LogP contribution in [0.25, 0.3) is 0 Å². The van der Waals surface area contributed by atoms with Crippen molar-refractivity contribution in [3.63, 3.8) is 0 Å². The van der Waals surface area contributed by atoms with Crippen molar-refractivity contribution in [3.8, 4) is 0 Å². The van der Waals surface area contributed by atoms with E-state index in [0.29, 0.717) is 13.0 Å². The first kappa shape index (κ1) is 20.0. The second kappa shape index (κ2) is 12.3. The monoisotopic (exact) mass is 321 g/mol. The predicted molar refractivity (Wildman–Crippen MR) is 97.3 cm³/mol. The average Bonchev–Trinajstić information content (AvgIpc) is 2.54. The van der Waals surface area contributed by atoms with Gasteiger partial charge in [0.25, 0.3) is 0 Å². The highest BCUT2D eigenvalue weighted by Crippen LogP contribution is 2.20. The van der Waals surface area contributed by atoms with Gasteiger partial charge in [0.15, 0.2) is 0 Å². The predicted octanol–water partition coefficient (Wildman–Crippen LogP) is 4.61. The number of hydrogen-bond acceptors (Lipinski definition) is 2. The van der Waals surface area contributed by atoms with E-state index in [1.165, 1.54) is 25.7 Å². The second-order valence-corrected chi connectivity index (χ2v) is 6.57. The van der Waals surface area contributed by atoms with E-state index in [1.807, 2.05) is 17.1 Å². The minimum atomic E-state index is -0.375. The molecular weight excluding hydrogens is 286 g/mol. The molecule has 0 aromatic heterocycles. The van der Waals surface area contributed by atoms with Crippen molar-refractivity contribution < 1.29 is 9.90 Å². The molecule has 0 aromatic rings. The molecule has 132 valence electrons. The second-order valence-electron chi connectivity index (χ2n) is 6.57. The number of unbranched alkanes of at least 4 members (excludes halogenated alkanes) is 4. The number of amides is 1. The third-order valence-corrected chi connectivity index (χ3v) is 4.46. The SMILES string of the molecule is CCCCC=CCN1C(=O)CCC[C@@H]1/C=C/C(O)CCCCC. The topological polar surface area (TPSA) is 40.5 Å². The van der Waals surface area contributed by atoms with Gasteiger partial charge in [-0.05, 0) is 25.7 Å². The summed E-state index contributed by atoms with van der Waals surface area (Å²) in [7, 11) is 0. The Morgan fingerprint density at radius 1 is 1.22 bits per heavy atom. The van der Waals surface area contributed by atoms with Crippen molar-refractivity contribution >= 4 is 5.91 Å². The van der Waals surface area contributed by atoms with E-state index in [9.17, 15) is 9.90 Å². The molecule has 0 aliphatic carbocycles. The van der Waals surface area contributed by atoms with E-state index in [2.05, 4.69) is 26.0 Å². The van der Waals surface area contributed by atoms with Gasteiger partial charge in [-0.15, -0.1) is 0 Å². The summed E-state index contributed by atoms with van der Waals surface area (Å²) in [5.41, 5.74) is 0. The van der Waals surface area contributed by atoms with Crippen LogP contribution in [0.5, 0.6) is 0 Å². The minimum absolute atomic E-state index is 0.146. The summed E-state index contributed by atoms with van der Waals surface area (Å²) in [6.07, 6.45) is 18.2. The highest BCUT2D eigenvalue weighted by atomic mass is 16.3. The number of likely N-dealkylation sites (tertiary alicyclic amines) is 1. The molecule has 1 aliphatic rings. The van der Waals surface area contributed by atoms with Gasteiger partial charge in [-0.25, -0.2) is 0 Å². The Kier molecular flexibility index (Phi) is 10.7. The van der Waals surface area contributed by atoms with Gasteiger partial charge in [0.1, 0.15) is 0 Å². The normalized spacial score (nSPS) is 20.7. The zero-order valence-electron chi connectivity index (χ0n) is 15.0. The molecule has 1 saturated heterocycles. The Hall–Kier alpha value is -1.09. The van der Waals surface area contributed by atoms with E-state index in [-0.39, 0.29) is 18.1 Å². The Bertz CT molecular complexity index is 376. The number of piperidine rings is 1. The van der Waals surface area contributed by atoms with Crippen LogP contribution in [0.3, 0.4) is 0 Å². The first-order chi connectivity index (χ1) is 11.2. The summed E-state index contributed by atoms with van der Waals surface area (Å²) in [6, 6.07) is 0.146. The molecule has 3 nitrogen and oxygen atoms in total. The Labute approximate surface area is 142 Å². The van der Waals surface area contributed by atoms with E-state index in [1.54, 1.807) is 0 Å². The van der Waals surface area contributed by atoms with Crippen LogP contribution in [-0.4, -0.2) is 34.6 Å². The van der Waals surface area contributed by atoms with Crippen LogP contribution in [0, 0.1) is 0 Å². The highest BCUT2D eigenvalue weighted by Gasteiger charge is 2.25. The fourth-order valence-electron chi connectivity index (χ4n) is 2.97. The van der Waals surface area contributed by atoms with Crippen LogP contribution < -0.4 is 0 Å². The summed E-state index contributed by atoms with van der Waals surface area (Å²) in [5.74, 6) is 0.242. The molecule has 3 heteroatoms. The highest BCUT2D eigenvalue weighted by molar-refractivity contribution is 5.77. The zero-order valence-corrected chi connectivity index (χ0v) is 15.0. The summed E-state index contributed by atoms with van der Waals surface area (Å²) in [6.45, 7) is 5.06. The number of carbonyl (C=O) groups excluding carboxylic acids is 1. The number of hydrogen-bond donors (Lipinski definition) is 1. The summed E-state index contributed by atoms with van der Waals surface area (Å²) in [4.78, 5) is 14.1. The zero-order chi connectivity index (χ0) is 16.9. The van der Waals surface area contributed by atoms with Crippen molar-refractivity contribution in [2.75, 3.05) is 6.54 Å². The average molecular weight is 322 g/mol. The van der Waals surface area contributed by atoms with Gasteiger partial charge >= 0.3 is 0 Å². The molecule has 0 radical (unpaired) electrons. The Morgan fingerprint density at radius 2 is 2.00 bits per heavy atom. The molecule has 1 aliphatic heterocycles. The summed E-state index contributed by atoms with van der Waals surface area (Å²) >= 11 is 0. The van der Waals surface area contributed by atoms with Gasteiger partial charge in [0, 0.05) is 13.0 Å². The number of rotatable bonds is 11. The van der Waals surface area contributed by atoms with E-state index in [4.69, 9.17) is 0 Å². The number of allylic oxidation sites excluding steroid dienone is 1. The molecule has 0 spiro atoms.